The van der Waals surface area contributed by atoms with Crippen molar-refractivity contribution in [1.29, 1.82) is 0 Å². The zero-order chi connectivity index (χ0) is 17.7. The van der Waals surface area contributed by atoms with Crippen LogP contribution in [-0.2, 0) is 19.1 Å². The Bertz CT molecular complexity index is 631. The number of rotatable bonds is 6. The van der Waals surface area contributed by atoms with Crippen molar-refractivity contribution in [2.45, 2.75) is 26.4 Å². The molecule has 0 aliphatic carbocycles. The fourth-order valence-corrected chi connectivity index (χ4v) is 2.59. The lowest BCUT2D eigenvalue weighted by molar-refractivity contribution is -0.158. The molecule has 1 aliphatic heterocycles. The predicted octanol–water partition coefficient (Wildman–Crippen LogP) is 1.12. The highest BCUT2D eigenvalue weighted by atomic mass is 16.5. The van der Waals surface area contributed by atoms with Crippen LogP contribution in [0.5, 0.6) is 5.75 Å². The van der Waals surface area contributed by atoms with Gasteiger partial charge in [-0.3, -0.25) is 14.4 Å². The molecule has 0 radical (unpaired) electrons. The van der Waals surface area contributed by atoms with Gasteiger partial charge in [-0.2, -0.15) is 0 Å². The van der Waals surface area contributed by atoms with Crippen LogP contribution >= 0.6 is 0 Å². The van der Waals surface area contributed by atoms with Gasteiger partial charge in [0.25, 0.3) is 5.91 Å². The third-order valence-corrected chi connectivity index (χ3v) is 3.85. The minimum Gasteiger partial charge on any atom is -0.495 e. The summed E-state index contributed by atoms with van der Waals surface area (Å²) < 4.78 is 10.4. The summed E-state index contributed by atoms with van der Waals surface area (Å²) in [6, 6.07) is 7.13. The van der Waals surface area contributed by atoms with E-state index >= 15 is 0 Å². The Balaban J connectivity index is 2.04. The van der Waals surface area contributed by atoms with Gasteiger partial charge in [-0.25, -0.2) is 0 Å². The average Bonchev–Trinajstić information content (AvgIpc) is 2.96. The molecular weight excluding hydrogens is 312 g/mol. The number of esters is 1. The molecule has 2 rings (SSSR count). The van der Waals surface area contributed by atoms with Crippen LogP contribution in [0.3, 0.4) is 0 Å². The van der Waals surface area contributed by atoms with E-state index < -0.39 is 18.0 Å². The average molecular weight is 334 g/mol. The van der Waals surface area contributed by atoms with E-state index in [4.69, 9.17) is 9.47 Å². The van der Waals surface area contributed by atoms with E-state index in [1.807, 2.05) is 6.07 Å². The first-order valence-electron chi connectivity index (χ1n) is 7.89. The lowest BCUT2D eigenvalue weighted by Crippen LogP contribution is -2.37. The highest BCUT2D eigenvalue weighted by Gasteiger charge is 2.38. The Hall–Kier alpha value is -2.57. The molecule has 2 amide bonds. The molecule has 1 aromatic rings. The van der Waals surface area contributed by atoms with E-state index in [2.05, 4.69) is 5.32 Å². The molecule has 1 aliphatic rings. The van der Waals surface area contributed by atoms with Crippen molar-refractivity contribution in [3.8, 4) is 5.75 Å². The highest BCUT2D eigenvalue weighted by Crippen LogP contribution is 2.33. The van der Waals surface area contributed by atoms with Gasteiger partial charge in [0.05, 0.1) is 18.7 Å². The van der Waals surface area contributed by atoms with E-state index in [1.165, 1.54) is 18.9 Å². The van der Waals surface area contributed by atoms with Crippen molar-refractivity contribution in [2.75, 3.05) is 25.1 Å². The van der Waals surface area contributed by atoms with Crippen LogP contribution in [0.15, 0.2) is 24.3 Å². The van der Waals surface area contributed by atoms with Crippen LogP contribution in [0.25, 0.3) is 0 Å². The Morgan fingerprint density at radius 3 is 2.75 bits per heavy atom. The molecule has 1 saturated heterocycles. The Labute approximate surface area is 140 Å². The second-order valence-electron chi connectivity index (χ2n) is 5.55. The molecule has 7 heteroatoms. The molecule has 0 bridgehead atoms. The number of nitrogens with one attached hydrogen (secondary N) is 1. The van der Waals surface area contributed by atoms with Gasteiger partial charge in [-0.15, -0.1) is 0 Å². The molecule has 0 spiro atoms. The first-order valence-corrected chi connectivity index (χ1v) is 7.89. The molecule has 1 aromatic carbocycles. The summed E-state index contributed by atoms with van der Waals surface area (Å²) in [5.41, 5.74) is 0.622. The SMILES string of the molecule is CCNC(=O)[C@H](C)OC(=O)[C@H]1CC(=O)N(c2ccccc2OC)C1. The number of amides is 2. The summed E-state index contributed by atoms with van der Waals surface area (Å²) >= 11 is 0. The van der Waals surface area contributed by atoms with Gasteiger partial charge in [-0.1, -0.05) is 12.1 Å². The number of methoxy groups -OCH3 is 1. The molecule has 2 atom stereocenters. The molecular formula is C17H22N2O5. The summed E-state index contributed by atoms with van der Waals surface area (Å²) in [5, 5.41) is 2.59. The lowest BCUT2D eigenvalue weighted by atomic mass is 10.1. The molecule has 7 nitrogen and oxygen atoms in total. The minimum atomic E-state index is -0.882. The normalized spacial score (nSPS) is 18.2. The molecule has 1 N–H and O–H groups in total. The van der Waals surface area contributed by atoms with Crippen LogP contribution in [0.2, 0.25) is 0 Å². The van der Waals surface area contributed by atoms with Crippen LogP contribution in [-0.4, -0.2) is 44.1 Å². The summed E-state index contributed by atoms with van der Waals surface area (Å²) in [6.45, 7) is 3.97. The van der Waals surface area contributed by atoms with Crippen molar-refractivity contribution in [1.82, 2.24) is 5.32 Å². The van der Waals surface area contributed by atoms with Gasteiger partial charge >= 0.3 is 5.97 Å². The molecule has 130 valence electrons. The number of ether oxygens (including phenoxy) is 2. The van der Waals surface area contributed by atoms with Crippen LogP contribution in [0.1, 0.15) is 20.3 Å². The van der Waals surface area contributed by atoms with E-state index in [0.29, 0.717) is 18.0 Å². The number of hydrogen-bond acceptors (Lipinski definition) is 5. The summed E-state index contributed by atoms with van der Waals surface area (Å²) in [5.74, 6) is -1.10. The van der Waals surface area contributed by atoms with Crippen molar-refractivity contribution >= 4 is 23.5 Å². The molecule has 1 heterocycles. The number of hydrogen-bond donors (Lipinski definition) is 1. The maximum atomic E-state index is 12.3. The zero-order valence-electron chi connectivity index (χ0n) is 14.1. The highest BCUT2D eigenvalue weighted by molar-refractivity contribution is 6.00. The largest absolute Gasteiger partial charge is 0.495 e. The molecule has 0 aromatic heterocycles. The quantitative estimate of drug-likeness (QED) is 0.788. The second kappa shape index (κ2) is 7.81. The second-order valence-corrected chi connectivity index (χ2v) is 5.55. The van der Waals surface area contributed by atoms with E-state index in [0.717, 1.165) is 0 Å². The number of anilines is 1. The van der Waals surface area contributed by atoms with Crippen LogP contribution < -0.4 is 15.0 Å². The number of likely N-dealkylation sites (N-methyl/N-ethyl adjacent to an activating group) is 1. The van der Waals surface area contributed by atoms with Gasteiger partial charge < -0.3 is 19.7 Å². The molecule has 0 saturated carbocycles. The standard InChI is InChI=1S/C17H22N2O5/c1-4-18-16(21)11(2)24-17(22)12-9-15(20)19(10-12)13-7-5-6-8-14(13)23-3/h5-8,11-12H,4,9-10H2,1-3H3,(H,18,21)/t11-,12-/m0/s1. The van der Waals surface area contributed by atoms with Gasteiger partial charge in [0, 0.05) is 19.5 Å². The molecule has 24 heavy (non-hydrogen) atoms. The Morgan fingerprint density at radius 1 is 1.38 bits per heavy atom. The van der Waals surface area contributed by atoms with E-state index in [-0.39, 0.29) is 24.8 Å². The monoisotopic (exact) mass is 334 g/mol. The third kappa shape index (κ3) is 3.84. The third-order valence-electron chi connectivity index (χ3n) is 3.85. The summed E-state index contributed by atoms with van der Waals surface area (Å²) in [7, 11) is 1.53. The summed E-state index contributed by atoms with van der Waals surface area (Å²) in [4.78, 5) is 37.7. The maximum absolute atomic E-state index is 12.3. The van der Waals surface area contributed by atoms with Crippen molar-refractivity contribution < 1.29 is 23.9 Å². The van der Waals surface area contributed by atoms with E-state index in [9.17, 15) is 14.4 Å². The fraction of sp³-hybridized carbons (Fsp3) is 0.471. The Kier molecular flexibility index (Phi) is 5.78. The van der Waals surface area contributed by atoms with Crippen molar-refractivity contribution in [2.24, 2.45) is 5.92 Å². The lowest BCUT2D eigenvalue weighted by Gasteiger charge is -2.19. The van der Waals surface area contributed by atoms with E-state index in [1.54, 1.807) is 25.1 Å². The maximum Gasteiger partial charge on any atom is 0.312 e. The Morgan fingerprint density at radius 2 is 2.08 bits per heavy atom. The zero-order valence-corrected chi connectivity index (χ0v) is 14.1. The number of benzene rings is 1. The number of nitrogens with zero attached hydrogens (tertiary/aromatic N) is 1. The fourth-order valence-electron chi connectivity index (χ4n) is 2.59. The molecule has 0 unspecified atom stereocenters. The predicted molar refractivity (Wildman–Crippen MR) is 87.7 cm³/mol. The summed E-state index contributed by atoms with van der Waals surface area (Å²) in [6.07, 6.45) is -0.827. The molecule has 1 fully saturated rings. The van der Waals surface area contributed by atoms with Gasteiger partial charge in [0.2, 0.25) is 5.91 Å². The number of carbonyl (C=O) groups excluding carboxylic acids is 3. The number of para-hydroxylation sites is 2. The van der Waals surface area contributed by atoms with Crippen LogP contribution in [0, 0.1) is 5.92 Å². The van der Waals surface area contributed by atoms with Gasteiger partial charge in [-0.05, 0) is 26.0 Å². The number of carbonyl (C=O) groups is 3. The van der Waals surface area contributed by atoms with Gasteiger partial charge in [0.15, 0.2) is 6.10 Å². The van der Waals surface area contributed by atoms with Crippen LogP contribution in [0.4, 0.5) is 5.69 Å². The minimum absolute atomic E-state index is 0.0546. The first kappa shape index (κ1) is 17.8. The van der Waals surface area contributed by atoms with Gasteiger partial charge in [0.1, 0.15) is 5.75 Å². The first-order chi connectivity index (χ1) is 11.5. The topological polar surface area (TPSA) is 84.9 Å². The smallest absolute Gasteiger partial charge is 0.312 e. The van der Waals surface area contributed by atoms with Crippen molar-refractivity contribution in [3.05, 3.63) is 24.3 Å². The van der Waals surface area contributed by atoms with Crippen molar-refractivity contribution in [3.63, 3.8) is 0 Å².